The Hall–Kier alpha value is -1.02. The zero-order valence-corrected chi connectivity index (χ0v) is 11.3. The largest absolute Gasteiger partial charge is 0.493 e. The SMILES string of the molecule is CC1(C)CCCC(O)(c2ccc3c(c2)CCO3)C1. The first-order valence-electron chi connectivity index (χ1n) is 6.97. The van der Waals surface area contributed by atoms with Gasteiger partial charge in [0.1, 0.15) is 5.75 Å². The van der Waals surface area contributed by atoms with Crippen LogP contribution < -0.4 is 4.74 Å². The Bertz CT molecular complexity index is 464. The van der Waals surface area contributed by atoms with E-state index >= 15 is 0 Å². The van der Waals surface area contributed by atoms with E-state index < -0.39 is 5.60 Å². The summed E-state index contributed by atoms with van der Waals surface area (Å²) in [4.78, 5) is 0. The fourth-order valence-corrected chi connectivity index (χ4v) is 3.55. The summed E-state index contributed by atoms with van der Waals surface area (Å²) in [6, 6.07) is 6.23. The molecule has 3 rings (SSSR count). The molecule has 0 spiro atoms. The minimum atomic E-state index is -0.640. The predicted octanol–water partition coefficient (Wildman–Crippen LogP) is 3.41. The molecule has 1 unspecified atom stereocenters. The Morgan fingerprint density at radius 1 is 1.22 bits per heavy atom. The highest BCUT2D eigenvalue weighted by atomic mass is 16.5. The second kappa shape index (κ2) is 3.99. The standard InChI is InChI=1S/C16H22O2/c1-15(2)7-3-8-16(17,11-15)13-4-5-14-12(10-13)6-9-18-14/h4-5,10,17H,3,6-9,11H2,1-2H3. The molecule has 1 aromatic carbocycles. The van der Waals surface area contributed by atoms with Gasteiger partial charge in [0.05, 0.1) is 12.2 Å². The van der Waals surface area contributed by atoms with Crippen LogP contribution in [0.15, 0.2) is 18.2 Å². The Kier molecular flexibility index (Phi) is 2.67. The summed E-state index contributed by atoms with van der Waals surface area (Å²) in [5.74, 6) is 0.998. The van der Waals surface area contributed by atoms with Crippen LogP contribution in [0.2, 0.25) is 0 Å². The van der Waals surface area contributed by atoms with Crippen molar-refractivity contribution in [2.24, 2.45) is 5.41 Å². The monoisotopic (exact) mass is 246 g/mol. The molecule has 0 aromatic heterocycles. The molecule has 98 valence electrons. The lowest BCUT2D eigenvalue weighted by atomic mass is 9.67. The van der Waals surface area contributed by atoms with Crippen molar-refractivity contribution in [3.05, 3.63) is 29.3 Å². The van der Waals surface area contributed by atoms with Crippen molar-refractivity contribution >= 4 is 0 Å². The van der Waals surface area contributed by atoms with E-state index in [9.17, 15) is 5.11 Å². The van der Waals surface area contributed by atoms with Crippen LogP contribution in [0.5, 0.6) is 5.75 Å². The molecule has 2 aliphatic rings. The molecule has 0 bridgehead atoms. The van der Waals surface area contributed by atoms with E-state index in [2.05, 4.69) is 19.9 Å². The van der Waals surface area contributed by atoms with Gasteiger partial charge in [-0.05, 0) is 54.4 Å². The van der Waals surface area contributed by atoms with E-state index in [-0.39, 0.29) is 5.41 Å². The zero-order chi connectivity index (χ0) is 12.8. The molecular weight excluding hydrogens is 224 g/mol. The molecule has 2 nitrogen and oxygen atoms in total. The molecule has 1 aliphatic carbocycles. The van der Waals surface area contributed by atoms with Crippen molar-refractivity contribution in [3.8, 4) is 5.75 Å². The van der Waals surface area contributed by atoms with Crippen molar-refractivity contribution in [2.45, 2.75) is 51.6 Å². The molecule has 1 heterocycles. The van der Waals surface area contributed by atoms with Crippen molar-refractivity contribution in [1.82, 2.24) is 0 Å². The van der Waals surface area contributed by atoms with E-state index in [1.807, 2.05) is 12.1 Å². The third-order valence-corrected chi connectivity index (χ3v) is 4.44. The van der Waals surface area contributed by atoms with Gasteiger partial charge in [0, 0.05) is 6.42 Å². The van der Waals surface area contributed by atoms with Crippen LogP contribution in [-0.4, -0.2) is 11.7 Å². The Morgan fingerprint density at radius 2 is 2.06 bits per heavy atom. The van der Waals surface area contributed by atoms with E-state index in [1.54, 1.807) is 0 Å². The van der Waals surface area contributed by atoms with Crippen LogP contribution in [0.3, 0.4) is 0 Å². The van der Waals surface area contributed by atoms with Gasteiger partial charge in [0.15, 0.2) is 0 Å². The maximum Gasteiger partial charge on any atom is 0.122 e. The van der Waals surface area contributed by atoms with Crippen LogP contribution in [-0.2, 0) is 12.0 Å². The summed E-state index contributed by atoms with van der Waals surface area (Å²) in [5, 5.41) is 11.0. The van der Waals surface area contributed by atoms with Gasteiger partial charge >= 0.3 is 0 Å². The van der Waals surface area contributed by atoms with E-state index in [1.165, 1.54) is 12.0 Å². The maximum absolute atomic E-state index is 11.0. The van der Waals surface area contributed by atoms with E-state index in [0.717, 1.165) is 43.6 Å². The van der Waals surface area contributed by atoms with Crippen LogP contribution in [0.1, 0.15) is 50.7 Å². The first-order valence-corrected chi connectivity index (χ1v) is 6.97. The van der Waals surface area contributed by atoms with Crippen LogP contribution >= 0.6 is 0 Å². The van der Waals surface area contributed by atoms with Gasteiger partial charge in [-0.15, -0.1) is 0 Å². The number of rotatable bonds is 1. The molecule has 18 heavy (non-hydrogen) atoms. The fourth-order valence-electron chi connectivity index (χ4n) is 3.55. The molecule has 1 aromatic rings. The molecule has 2 heteroatoms. The highest BCUT2D eigenvalue weighted by Gasteiger charge is 2.40. The predicted molar refractivity (Wildman–Crippen MR) is 71.8 cm³/mol. The number of hydrogen-bond acceptors (Lipinski definition) is 2. The Labute approximate surface area is 109 Å². The Morgan fingerprint density at radius 3 is 2.83 bits per heavy atom. The topological polar surface area (TPSA) is 29.5 Å². The number of ether oxygens (including phenoxy) is 1. The Balaban J connectivity index is 1.93. The molecule has 0 radical (unpaired) electrons. The summed E-state index contributed by atoms with van der Waals surface area (Å²) in [7, 11) is 0. The third kappa shape index (κ3) is 2.03. The van der Waals surface area contributed by atoms with Crippen molar-refractivity contribution in [3.63, 3.8) is 0 Å². The molecule has 1 N–H and O–H groups in total. The van der Waals surface area contributed by atoms with Crippen LogP contribution in [0.25, 0.3) is 0 Å². The van der Waals surface area contributed by atoms with Crippen molar-refractivity contribution < 1.29 is 9.84 Å². The average molecular weight is 246 g/mol. The minimum Gasteiger partial charge on any atom is -0.493 e. The number of benzene rings is 1. The normalized spacial score (nSPS) is 29.7. The van der Waals surface area contributed by atoms with Crippen molar-refractivity contribution in [2.75, 3.05) is 6.61 Å². The minimum absolute atomic E-state index is 0.239. The maximum atomic E-state index is 11.0. The summed E-state index contributed by atoms with van der Waals surface area (Å²) in [5.41, 5.74) is 1.94. The van der Waals surface area contributed by atoms with Gasteiger partial charge in [-0.3, -0.25) is 0 Å². The molecule has 1 saturated carbocycles. The number of fused-ring (bicyclic) bond motifs is 1. The summed E-state index contributed by atoms with van der Waals surface area (Å²) in [6.07, 6.45) is 5.04. The average Bonchev–Trinajstić information content (AvgIpc) is 2.73. The molecule has 1 fully saturated rings. The van der Waals surface area contributed by atoms with Crippen LogP contribution in [0, 0.1) is 5.41 Å². The summed E-state index contributed by atoms with van der Waals surface area (Å²) < 4.78 is 5.53. The summed E-state index contributed by atoms with van der Waals surface area (Å²) >= 11 is 0. The smallest absolute Gasteiger partial charge is 0.122 e. The molecule has 0 saturated heterocycles. The number of hydrogen-bond donors (Lipinski definition) is 1. The van der Waals surface area contributed by atoms with E-state index in [0.29, 0.717) is 0 Å². The molecule has 0 amide bonds. The van der Waals surface area contributed by atoms with Crippen LogP contribution in [0.4, 0.5) is 0 Å². The number of aliphatic hydroxyl groups is 1. The van der Waals surface area contributed by atoms with Gasteiger partial charge in [0.2, 0.25) is 0 Å². The molecule has 1 aliphatic heterocycles. The first kappa shape index (κ1) is 12.0. The lowest BCUT2D eigenvalue weighted by molar-refractivity contribution is -0.0440. The highest BCUT2D eigenvalue weighted by Crippen LogP contribution is 2.46. The second-order valence-electron chi connectivity index (χ2n) is 6.65. The van der Waals surface area contributed by atoms with Gasteiger partial charge in [-0.25, -0.2) is 0 Å². The lowest BCUT2D eigenvalue weighted by Gasteiger charge is -2.42. The molecule has 1 atom stereocenters. The van der Waals surface area contributed by atoms with Gasteiger partial charge in [0.25, 0.3) is 0 Å². The molecular formula is C16H22O2. The lowest BCUT2D eigenvalue weighted by Crippen LogP contribution is -2.36. The first-order chi connectivity index (χ1) is 8.49. The zero-order valence-electron chi connectivity index (χ0n) is 11.3. The second-order valence-corrected chi connectivity index (χ2v) is 6.65. The van der Waals surface area contributed by atoms with Gasteiger partial charge in [-0.2, -0.15) is 0 Å². The highest BCUT2D eigenvalue weighted by molar-refractivity contribution is 5.41. The quantitative estimate of drug-likeness (QED) is 0.823. The third-order valence-electron chi connectivity index (χ3n) is 4.44. The van der Waals surface area contributed by atoms with Crippen molar-refractivity contribution in [1.29, 1.82) is 0 Å². The van der Waals surface area contributed by atoms with Gasteiger partial charge in [-0.1, -0.05) is 19.9 Å². The van der Waals surface area contributed by atoms with Gasteiger partial charge < -0.3 is 9.84 Å². The summed E-state index contributed by atoms with van der Waals surface area (Å²) in [6.45, 7) is 5.30. The van der Waals surface area contributed by atoms with E-state index in [4.69, 9.17) is 4.74 Å². The fraction of sp³-hybridized carbons (Fsp3) is 0.625.